The van der Waals surface area contributed by atoms with Gasteiger partial charge in [-0.3, -0.25) is 4.79 Å². The van der Waals surface area contributed by atoms with Gasteiger partial charge in [0.25, 0.3) is 0 Å². The number of thiophene rings is 1. The van der Waals surface area contributed by atoms with Crippen LogP contribution in [0.3, 0.4) is 0 Å². The van der Waals surface area contributed by atoms with E-state index >= 15 is 0 Å². The van der Waals surface area contributed by atoms with Crippen LogP contribution in [0.5, 0.6) is 0 Å². The Kier molecular flexibility index (Phi) is 6.44. The van der Waals surface area contributed by atoms with Gasteiger partial charge >= 0.3 is 6.09 Å². The van der Waals surface area contributed by atoms with Crippen molar-refractivity contribution in [2.75, 3.05) is 13.1 Å². The summed E-state index contributed by atoms with van der Waals surface area (Å²) in [6, 6.07) is 4.06. The summed E-state index contributed by atoms with van der Waals surface area (Å²) >= 11 is 1.63. The zero-order valence-corrected chi connectivity index (χ0v) is 16.1. The molecule has 5 heteroatoms. The van der Waals surface area contributed by atoms with Crippen LogP contribution in [0, 0.1) is 5.92 Å². The summed E-state index contributed by atoms with van der Waals surface area (Å²) in [5.41, 5.74) is -0.477. The molecule has 1 aromatic rings. The minimum absolute atomic E-state index is 0.0290. The fourth-order valence-electron chi connectivity index (χ4n) is 2.85. The molecule has 1 aliphatic rings. The zero-order chi connectivity index (χ0) is 17.7. The maximum absolute atomic E-state index is 12.7. The first-order valence-corrected chi connectivity index (χ1v) is 9.72. The molecule has 24 heavy (non-hydrogen) atoms. The number of amides is 1. The minimum Gasteiger partial charge on any atom is -0.444 e. The van der Waals surface area contributed by atoms with Gasteiger partial charge in [0, 0.05) is 23.9 Å². The quantitative estimate of drug-likeness (QED) is 0.707. The largest absolute Gasteiger partial charge is 0.444 e. The smallest absolute Gasteiger partial charge is 0.410 e. The maximum Gasteiger partial charge on any atom is 0.410 e. The Morgan fingerprint density at radius 3 is 2.50 bits per heavy atom. The fourth-order valence-corrected chi connectivity index (χ4v) is 3.92. The van der Waals surface area contributed by atoms with Gasteiger partial charge in [0.15, 0.2) is 5.78 Å². The van der Waals surface area contributed by atoms with Crippen LogP contribution < -0.4 is 0 Å². The average Bonchev–Trinajstić information content (AvgIpc) is 2.99. The number of likely N-dealkylation sites (tertiary alicyclic amines) is 1. The van der Waals surface area contributed by atoms with Crippen LogP contribution in [0.25, 0.3) is 0 Å². The van der Waals surface area contributed by atoms with E-state index < -0.39 is 5.60 Å². The summed E-state index contributed by atoms with van der Waals surface area (Å²) in [6.45, 7) is 8.98. The van der Waals surface area contributed by atoms with Crippen molar-refractivity contribution in [3.8, 4) is 0 Å². The topological polar surface area (TPSA) is 46.6 Å². The lowest BCUT2D eigenvalue weighted by molar-refractivity contribution is 0.0182. The molecule has 2 rings (SSSR count). The molecule has 0 atom stereocenters. The van der Waals surface area contributed by atoms with Crippen molar-refractivity contribution >= 4 is 23.2 Å². The van der Waals surface area contributed by atoms with Crippen LogP contribution in [0.1, 0.15) is 67.9 Å². The van der Waals surface area contributed by atoms with E-state index in [1.165, 1.54) is 17.7 Å². The molecule has 1 amide bonds. The standard InChI is InChI=1S/C19H29NO3S/c1-5-6-7-15-8-9-16(24-15)17(21)14-10-12-20(13-11-14)18(22)23-19(2,3)4/h8-9,14H,5-7,10-13H2,1-4H3. The molecule has 4 nitrogen and oxygen atoms in total. The van der Waals surface area contributed by atoms with Crippen molar-refractivity contribution in [2.24, 2.45) is 5.92 Å². The number of ketones is 1. The number of rotatable bonds is 5. The third-order valence-corrected chi connectivity index (χ3v) is 5.36. The summed E-state index contributed by atoms with van der Waals surface area (Å²) in [6.07, 6.45) is 4.57. The molecule has 2 heterocycles. The molecule has 0 bridgehead atoms. The highest BCUT2D eigenvalue weighted by atomic mass is 32.1. The van der Waals surface area contributed by atoms with E-state index in [1.54, 1.807) is 16.2 Å². The highest BCUT2D eigenvalue weighted by Gasteiger charge is 2.30. The summed E-state index contributed by atoms with van der Waals surface area (Å²) in [5, 5.41) is 0. The first-order chi connectivity index (χ1) is 11.3. The molecule has 1 fully saturated rings. The van der Waals surface area contributed by atoms with Crippen LogP contribution in [0.4, 0.5) is 4.79 Å². The van der Waals surface area contributed by atoms with E-state index in [-0.39, 0.29) is 17.8 Å². The average molecular weight is 352 g/mol. The molecule has 1 aromatic heterocycles. The van der Waals surface area contributed by atoms with Gasteiger partial charge in [-0.05, 0) is 58.6 Å². The van der Waals surface area contributed by atoms with Crippen molar-refractivity contribution < 1.29 is 14.3 Å². The second-order valence-electron chi connectivity index (χ2n) is 7.48. The van der Waals surface area contributed by atoms with Gasteiger partial charge in [0.05, 0.1) is 4.88 Å². The van der Waals surface area contributed by atoms with Crippen LogP contribution in [-0.2, 0) is 11.2 Å². The second-order valence-corrected chi connectivity index (χ2v) is 8.64. The minimum atomic E-state index is -0.477. The molecule has 0 spiro atoms. The third kappa shape index (κ3) is 5.33. The van der Waals surface area contributed by atoms with Crippen LogP contribution in [-0.4, -0.2) is 35.5 Å². The molecule has 0 radical (unpaired) electrons. The lowest BCUT2D eigenvalue weighted by Crippen LogP contribution is -2.42. The van der Waals surface area contributed by atoms with Gasteiger partial charge in [-0.15, -0.1) is 11.3 Å². The molecular weight excluding hydrogens is 322 g/mol. The predicted octanol–water partition coefficient (Wildman–Crippen LogP) is 4.92. The number of Topliss-reactive ketones (excluding diaryl/α,β-unsaturated/α-hetero) is 1. The number of nitrogens with zero attached hydrogens (tertiary/aromatic N) is 1. The number of hydrogen-bond donors (Lipinski definition) is 0. The molecule has 1 aliphatic heterocycles. The number of carbonyl (C=O) groups is 2. The van der Waals surface area contributed by atoms with E-state index in [0.29, 0.717) is 13.1 Å². The summed E-state index contributed by atoms with van der Waals surface area (Å²) < 4.78 is 5.40. The molecule has 0 saturated carbocycles. The van der Waals surface area contributed by atoms with Crippen LogP contribution in [0.2, 0.25) is 0 Å². The van der Waals surface area contributed by atoms with Gasteiger partial charge in [0.2, 0.25) is 0 Å². The molecular formula is C19H29NO3S. The number of hydrogen-bond acceptors (Lipinski definition) is 4. The summed E-state index contributed by atoms with van der Waals surface area (Å²) in [5.74, 6) is 0.271. The van der Waals surface area contributed by atoms with Gasteiger partial charge in [0.1, 0.15) is 5.60 Å². The number of ether oxygens (including phenoxy) is 1. The Hall–Kier alpha value is -1.36. The first-order valence-electron chi connectivity index (χ1n) is 8.91. The van der Waals surface area contributed by atoms with Crippen molar-refractivity contribution in [3.05, 3.63) is 21.9 Å². The van der Waals surface area contributed by atoms with E-state index in [0.717, 1.165) is 24.1 Å². The summed E-state index contributed by atoms with van der Waals surface area (Å²) in [4.78, 5) is 28.6. The molecule has 0 N–H and O–H groups in total. The summed E-state index contributed by atoms with van der Waals surface area (Å²) in [7, 11) is 0. The lowest BCUT2D eigenvalue weighted by atomic mass is 9.92. The molecule has 1 saturated heterocycles. The van der Waals surface area contributed by atoms with Crippen molar-refractivity contribution in [1.82, 2.24) is 4.90 Å². The molecule has 134 valence electrons. The number of unbranched alkanes of at least 4 members (excludes halogenated alkanes) is 1. The van der Waals surface area contributed by atoms with E-state index in [2.05, 4.69) is 13.0 Å². The Morgan fingerprint density at radius 2 is 1.92 bits per heavy atom. The van der Waals surface area contributed by atoms with E-state index in [1.807, 2.05) is 26.8 Å². The molecule has 0 unspecified atom stereocenters. The predicted molar refractivity (Wildman–Crippen MR) is 97.8 cm³/mol. The first kappa shape index (κ1) is 19.0. The Bertz CT molecular complexity index is 565. The van der Waals surface area contributed by atoms with Crippen LogP contribution >= 0.6 is 11.3 Å². The van der Waals surface area contributed by atoms with Gasteiger partial charge < -0.3 is 9.64 Å². The monoisotopic (exact) mass is 351 g/mol. The Labute approximate surface area is 149 Å². The van der Waals surface area contributed by atoms with Gasteiger partial charge in [-0.25, -0.2) is 4.79 Å². The molecule has 0 aliphatic carbocycles. The van der Waals surface area contributed by atoms with Gasteiger partial charge in [-0.1, -0.05) is 13.3 Å². The fraction of sp³-hybridized carbons (Fsp3) is 0.684. The number of carbonyl (C=O) groups excluding carboxylic acids is 2. The maximum atomic E-state index is 12.7. The Balaban J connectivity index is 1.86. The van der Waals surface area contributed by atoms with E-state index in [4.69, 9.17) is 4.74 Å². The zero-order valence-electron chi connectivity index (χ0n) is 15.3. The number of aryl methyl sites for hydroxylation is 1. The van der Waals surface area contributed by atoms with Crippen molar-refractivity contribution in [3.63, 3.8) is 0 Å². The second kappa shape index (κ2) is 8.15. The van der Waals surface area contributed by atoms with Gasteiger partial charge in [-0.2, -0.15) is 0 Å². The Morgan fingerprint density at radius 1 is 1.25 bits per heavy atom. The van der Waals surface area contributed by atoms with E-state index in [9.17, 15) is 9.59 Å². The highest BCUT2D eigenvalue weighted by Crippen LogP contribution is 2.27. The lowest BCUT2D eigenvalue weighted by Gasteiger charge is -2.32. The van der Waals surface area contributed by atoms with Crippen molar-refractivity contribution in [2.45, 2.75) is 65.4 Å². The number of piperidine rings is 1. The highest BCUT2D eigenvalue weighted by molar-refractivity contribution is 7.14. The molecule has 0 aromatic carbocycles. The normalized spacial score (nSPS) is 16.2. The van der Waals surface area contributed by atoms with Crippen LogP contribution in [0.15, 0.2) is 12.1 Å². The SMILES string of the molecule is CCCCc1ccc(C(=O)C2CCN(C(=O)OC(C)(C)C)CC2)s1. The third-order valence-electron chi connectivity index (χ3n) is 4.20. The van der Waals surface area contributed by atoms with Crippen molar-refractivity contribution in [1.29, 1.82) is 0 Å².